The smallest absolute Gasteiger partial charge is 0.179 e. The van der Waals surface area contributed by atoms with Gasteiger partial charge in [-0.3, -0.25) is 0 Å². The highest BCUT2D eigenvalue weighted by Crippen LogP contribution is 2.32. The van der Waals surface area contributed by atoms with Crippen molar-refractivity contribution >= 4 is 21.2 Å². The predicted molar refractivity (Wildman–Crippen MR) is 60.9 cm³/mol. The second-order valence-corrected chi connectivity index (χ2v) is 7.18. The summed E-state index contributed by atoms with van der Waals surface area (Å²) in [5.41, 5.74) is 0. The van der Waals surface area contributed by atoms with E-state index in [4.69, 9.17) is 0 Å². The lowest BCUT2D eigenvalue weighted by Gasteiger charge is -2.05. The summed E-state index contributed by atoms with van der Waals surface area (Å²) in [6.45, 7) is 7.69. The fourth-order valence-electron chi connectivity index (χ4n) is 1.31. The summed E-state index contributed by atoms with van der Waals surface area (Å²) in [4.78, 5) is 2.60. The van der Waals surface area contributed by atoms with E-state index in [0.29, 0.717) is 4.90 Å². The maximum Gasteiger partial charge on any atom is 0.179 e. The van der Waals surface area contributed by atoms with Crippen LogP contribution < -0.4 is 0 Å². The van der Waals surface area contributed by atoms with Gasteiger partial charge in [0, 0.05) is 9.75 Å². The van der Waals surface area contributed by atoms with Crippen molar-refractivity contribution in [2.45, 2.75) is 38.5 Å². The summed E-state index contributed by atoms with van der Waals surface area (Å²) in [5.74, 6) is 0.466. The molecule has 0 aliphatic carbocycles. The molecule has 0 saturated heterocycles. The zero-order valence-electron chi connectivity index (χ0n) is 8.99. The minimum atomic E-state index is -3.04. The first kappa shape index (κ1) is 11.7. The van der Waals surface area contributed by atoms with Crippen LogP contribution in [0.2, 0.25) is 0 Å². The quantitative estimate of drug-likeness (QED) is 0.803. The number of rotatable bonds is 3. The van der Waals surface area contributed by atoms with Gasteiger partial charge in [-0.05, 0) is 18.9 Å². The second-order valence-electron chi connectivity index (χ2n) is 3.64. The zero-order valence-corrected chi connectivity index (χ0v) is 10.6. The molecule has 0 N–H and O–H groups in total. The Morgan fingerprint density at radius 1 is 1.43 bits per heavy atom. The Morgan fingerprint density at radius 2 is 2.00 bits per heavy atom. The summed E-state index contributed by atoms with van der Waals surface area (Å²) in [6.07, 6.45) is 0. The minimum absolute atomic E-state index is 0.183. The predicted octanol–water partition coefficient (Wildman–Crippen LogP) is 2.97. The van der Waals surface area contributed by atoms with Gasteiger partial charge in [-0.2, -0.15) is 0 Å². The highest BCUT2D eigenvalue weighted by Gasteiger charge is 2.20. The second kappa shape index (κ2) is 4.03. The molecule has 0 unspecified atom stereocenters. The van der Waals surface area contributed by atoms with Gasteiger partial charge in [-0.25, -0.2) is 8.42 Å². The average molecular weight is 232 g/mol. The van der Waals surface area contributed by atoms with Crippen molar-refractivity contribution < 1.29 is 8.42 Å². The van der Waals surface area contributed by atoms with E-state index in [1.165, 1.54) is 0 Å². The standard InChI is InChI=1S/C10H16O2S2/c1-5-14(11,12)9-6-8(4)13-10(9)7(2)3/h6-7H,5H2,1-4H3. The molecule has 0 aromatic carbocycles. The van der Waals surface area contributed by atoms with Gasteiger partial charge in [0.15, 0.2) is 9.84 Å². The third-order valence-electron chi connectivity index (χ3n) is 2.09. The lowest BCUT2D eigenvalue weighted by molar-refractivity contribution is 0.596. The summed E-state index contributed by atoms with van der Waals surface area (Å²) >= 11 is 1.59. The van der Waals surface area contributed by atoms with Crippen LogP contribution in [0.3, 0.4) is 0 Å². The first-order valence-electron chi connectivity index (χ1n) is 4.71. The third kappa shape index (κ3) is 2.17. The van der Waals surface area contributed by atoms with Crippen molar-refractivity contribution in [1.29, 1.82) is 0 Å². The number of hydrogen-bond acceptors (Lipinski definition) is 3. The van der Waals surface area contributed by atoms with Crippen LogP contribution >= 0.6 is 11.3 Å². The Labute approximate surface area is 89.9 Å². The van der Waals surface area contributed by atoms with E-state index in [1.54, 1.807) is 24.3 Å². The zero-order chi connectivity index (χ0) is 10.9. The van der Waals surface area contributed by atoms with Crippen molar-refractivity contribution in [1.82, 2.24) is 0 Å². The lowest BCUT2D eigenvalue weighted by Crippen LogP contribution is -2.05. The van der Waals surface area contributed by atoms with E-state index < -0.39 is 9.84 Å². The van der Waals surface area contributed by atoms with Crippen molar-refractivity contribution in [3.63, 3.8) is 0 Å². The van der Waals surface area contributed by atoms with Gasteiger partial charge in [-0.1, -0.05) is 20.8 Å². The minimum Gasteiger partial charge on any atom is -0.224 e. The Balaban J connectivity index is 3.34. The van der Waals surface area contributed by atoms with E-state index in [2.05, 4.69) is 0 Å². The Bertz CT molecular complexity index is 413. The molecule has 0 amide bonds. The number of sulfone groups is 1. The van der Waals surface area contributed by atoms with Crippen LogP contribution in [-0.2, 0) is 9.84 Å². The van der Waals surface area contributed by atoms with Crippen LogP contribution in [-0.4, -0.2) is 14.2 Å². The van der Waals surface area contributed by atoms with Crippen LogP contribution in [0.1, 0.15) is 36.4 Å². The van der Waals surface area contributed by atoms with Crippen LogP contribution in [0.4, 0.5) is 0 Å². The molecule has 1 aromatic rings. The van der Waals surface area contributed by atoms with Gasteiger partial charge >= 0.3 is 0 Å². The van der Waals surface area contributed by atoms with E-state index in [9.17, 15) is 8.42 Å². The molecule has 0 aliphatic heterocycles. The average Bonchev–Trinajstić information content (AvgIpc) is 2.48. The maximum absolute atomic E-state index is 11.7. The Hall–Kier alpha value is -0.350. The molecule has 2 nitrogen and oxygen atoms in total. The van der Waals surface area contributed by atoms with Crippen LogP contribution in [0.25, 0.3) is 0 Å². The molecule has 0 fully saturated rings. The summed E-state index contributed by atoms with van der Waals surface area (Å²) < 4.78 is 23.5. The highest BCUT2D eigenvalue weighted by atomic mass is 32.2. The lowest BCUT2D eigenvalue weighted by atomic mass is 10.2. The molecule has 1 heterocycles. The van der Waals surface area contributed by atoms with E-state index in [0.717, 1.165) is 9.75 Å². The first-order valence-corrected chi connectivity index (χ1v) is 7.18. The molecule has 0 bridgehead atoms. The fraction of sp³-hybridized carbons (Fsp3) is 0.600. The van der Waals surface area contributed by atoms with Gasteiger partial charge in [0.05, 0.1) is 10.6 Å². The SMILES string of the molecule is CCS(=O)(=O)c1cc(C)sc1C(C)C. The summed E-state index contributed by atoms with van der Waals surface area (Å²) in [5, 5.41) is 0. The molecule has 14 heavy (non-hydrogen) atoms. The molecule has 0 spiro atoms. The summed E-state index contributed by atoms with van der Waals surface area (Å²) in [6, 6.07) is 1.79. The van der Waals surface area contributed by atoms with Crippen molar-refractivity contribution in [3.05, 3.63) is 15.8 Å². The van der Waals surface area contributed by atoms with E-state index >= 15 is 0 Å². The fourth-order valence-corrected chi connectivity index (χ4v) is 4.02. The monoisotopic (exact) mass is 232 g/mol. The van der Waals surface area contributed by atoms with Gasteiger partial charge in [0.2, 0.25) is 0 Å². The van der Waals surface area contributed by atoms with Crippen LogP contribution in [0.15, 0.2) is 11.0 Å². The van der Waals surface area contributed by atoms with Crippen molar-refractivity contribution in [3.8, 4) is 0 Å². The van der Waals surface area contributed by atoms with Crippen LogP contribution in [0.5, 0.6) is 0 Å². The third-order valence-corrected chi connectivity index (χ3v) is 5.34. The summed E-state index contributed by atoms with van der Waals surface area (Å²) in [7, 11) is -3.04. The molecule has 0 radical (unpaired) electrons. The molecule has 1 aromatic heterocycles. The topological polar surface area (TPSA) is 34.1 Å². The van der Waals surface area contributed by atoms with Gasteiger partial charge < -0.3 is 0 Å². The van der Waals surface area contributed by atoms with Crippen LogP contribution in [0, 0.1) is 6.92 Å². The van der Waals surface area contributed by atoms with Gasteiger partial charge in [0.1, 0.15) is 0 Å². The van der Waals surface area contributed by atoms with Gasteiger partial charge in [-0.15, -0.1) is 11.3 Å². The molecular formula is C10H16O2S2. The molecule has 0 aliphatic rings. The Morgan fingerprint density at radius 3 is 2.43 bits per heavy atom. The highest BCUT2D eigenvalue weighted by molar-refractivity contribution is 7.91. The molecular weight excluding hydrogens is 216 g/mol. The molecule has 4 heteroatoms. The Kier molecular flexibility index (Phi) is 3.37. The van der Waals surface area contributed by atoms with Gasteiger partial charge in [0.25, 0.3) is 0 Å². The van der Waals surface area contributed by atoms with E-state index in [1.807, 2.05) is 20.8 Å². The first-order chi connectivity index (χ1) is 6.38. The molecule has 0 atom stereocenters. The molecule has 80 valence electrons. The molecule has 0 saturated carbocycles. The van der Waals surface area contributed by atoms with Crippen molar-refractivity contribution in [2.75, 3.05) is 5.75 Å². The normalized spacial score (nSPS) is 12.4. The number of thiophene rings is 1. The number of hydrogen-bond donors (Lipinski definition) is 0. The molecule has 1 rings (SSSR count). The largest absolute Gasteiger partial charge is 0.224 e. The van der Waals surface area contributed by atoms with E-state index in [-0.39, 0.29) is 11.7 Å². The maximum atomic E-state index is 11.7. The van der Waals surface area contributed by atoms with Crippen molar-refractivity contribution in [2.24, 2.45) is 0 Å². The number of aryl methyl sites for hydroxylation is 1.